The molecule has 0 aromatic carbocycles. The highest BCUT2D eigenvalue weighted by molar-refractivity contribution is 5.93. The van der Waals surface area contributed by atoms with Crippen molar-refractivity contribution in [1.29, 1.82) is 0 Å². The predicted octanol–water partition coefficient (Wildman–Crippen LogP) is -3.12. The zero-order valence-corrected chi connectivity index (χ0v) is 16.1. The summed E-state index contributed by atoms with van der Waals surface area (Å²) in [6, 6.07) is -3.81. The van der Waals surface area contributed by atoms with Gasteiger partial charge in [0.05, 0.1) is 19.0 Å². The SMILES string of the molecule is CC(C)C(NC(=O)CNC(=O)C(N)CCC(=O)O)C(=O)NC(CC(N)=O)C(=O)O. The molecular formula is C16H27N5O8. The standard InChI is InChI=1S/C16H27N5O8/c1-7(2)13(15(27)20-9(16(28)29)5-10(18)22)21-11(23)6-19-14(26)8(17)3-4-12(24)25/h7-9,13H,3-6,17H2,1-2H3,(H2,18,22)(H,19,26)(H,20,27)(H,21,23)(H,24,25)(H,28,29). The van der Waals surface area contributed by atoms with E-state index in [0.29, 0.717) is 0 Å². The summed E-state index contributed by atoms with van der Waals surface area (Å²) in [5.74, 6) is -6.29. The lowest BCUT2D eigenvalue weighted by Crippen LogP contribution is -2.56. The van der Waals surface area contributed by atoms with Crippen LogP contribution in [-0.4, -0.2) is 70.5 Å². The first-order valence-corrected chi connectivity index (χ1v) is 8.71. The van der Waals surface area contributed by atoms with E-state index >= 15 is 0 Å². The number of primary amides is 1. The number of aliphatic carboxylic acids is 2. The van der Waals surface area contributed by atoms with Crippen molar-refractivity contribution >= 4 is 35.6 Å². The van der Waals surface area contributed by atoms with Crippen LogP contribution in [0.5, 0.6) is 0 Å². The van der Waals surface area contributed by atoms with Gasteiger partial charge in [-0.2, -0.15) is 0 Å². The van der Waals surface area contributed by atoms with Crippen molar-refractivity contribution in [1.82, 2.24) is 16.0 Å². The molecule has 164 valence electrons. The van der Waals surface area contributed by atoms with Crippen molar-refractivity contribution < 1.29 is 39.0 Å². The first kappa shape index (κ1) is 25.8. The maximum Gasteiger partial charge on any atom is 0.326 e. The van der Waals surface area contributed by atoms with Gasteiger partial charge in [0.2, 0.25) is 23.6 Å². The van der Waals surface area contributed by atoms with Gasteiger partial charge in [0.25, 0.3) is 0 Å². The summed E-state index contributed by atoms with van der Waals surface area (Å²) < 4.78 is 0. The van der Waals surface area contributed by atoms with Crippen LogP contribution < -0.4 is 27.4 Å². The second kappa shape index (κ2) is 12.3. The van der Waals surface area contributed by atoms with Crippen LogP contribution >= 0.6 is 0 Å². The highest BCUT2D eigenvalue weighted by Gasteiger charge is 2.29. The van der Waals surface area contributed by atoms with Crippen LogP contribution in [0.4, 0.5) is 0 Å². The molecule has 0 spiro atoms. The van der Waals surface area contributed by atoms with E-state index in [1.54, 1.807) is 13.8 Å². The number of amides is 4. The fourth-order valence-corrected chi connectivity index (χ4v) is 2.13. The van der Waals surface area contributed by atoms with Crippen molar-refractivity contribution in [3.8, 4) is 0 Å². The van der Waals surface area contributed by atoms with Crippen LogP contribution in [0.3, 0.4) is 0 Å². The molecule has 4 amide bonds. The fraction of sp³-hybridized carbons (Fsp3) is 0.625. The Bertz CT molecular complexity index is 651. The molecule has 0 aliphatic carbocycles. The molecule has 0 saturated carbocycles. The molecule has 0 saturated heterocycles. The Labute approximate surface area is 166 Å². The van der Waals surface area contributed by atoms with E-state index in [0.717, 1.165) is 0 Å². The minimum absolute atomic E-state index is 0.115. The van der Waals surface area contributed by atoms with Crippen LogP contribution in [0.2, 0.25) is 0 Å². The van der Waals surface area contributed by atoms with E-state index in [9.17, 15) is 28.8 Å². The van der Waals surface area contributed by atoms with Gasteiger partial charge in [-0.3, -0.25) is 24.0 Å². The zero-order valence-electron chi connectivity index (χ0n) is 16.1. The molecule has 9 N–H and O–H groups in total. The van der Waals surface area contributed by atoms with Crippen LogP contribution in [-0.2, 0) is 28.8 Å². The Morgan fingerprint density at radius 3 is 2.00 bits per heavy atom. The van der Waals surface area contributed by atoms with E-state index < -0.39 is 72.6 Å². The summed E-state index contributed by atoms with van der Waals surface area (Å²) in [5, 5.41) is 24.3. The molecule has 0 bridgehead atoms. The highest BCUT2D eigenvalue weighted by atomic mass is 16.4. The summed E-state index contributed by atoms with van der Waals surface area (Å²) in [4.78, 5) is 68.6. The van der Waals surface area contributed by atoms with Crippen molar-refractivity contribution in [2.75, 3.05) is 6.54 Å². The second-order valence-corrected chi connectivity index (χ2v) is 6.62. The Kier molecular flexibility index (Phi) is 10.9. The van der Waals surface area contributed by atoms with Gasteiger partial charge in [0.15, 0.2) is 0 Å². The third kappa shape index (κ3) is 10.6. The lowest BCUT2D eigenvalue weighted by Gasteiger charge is -2.24. The summed E-state index contributed by atoms with van der Waals surface area (Å²) in [5.41, 5.74) is 10.5. The Morgan fingerprint density at radius 2 is 1.55 bits per heavy atom. The first-order chi connectivity index (χ1) is 13.3. The monoisotopic (exact) mass is 417 g/mol. The highest BCUT2D eigenvalue weighted by Crippen LogP contribution is 2.04. The van der Waals surface area contributed by atoms with Gasteiger partial charge in [-0.1, -0.05) is 13.8 Å². The Morgan fingerprint density at radius 1 is 0.966 bits per heavy atom. The minimum Gasteiger partial charge on any atom is -0.481 e. The number of carbonyl (C=O) groups is 6. The van der Waals surface area contributed by atoms with Gasteiger partial charge in [0, 0.05) is 6.42 Å². The lowest BCUT2D eigenvalue weighted by atomic mass is 10.0. The van der Waals surface area contributed by atoms with E-state index in [1.807, 2.05) is 0 Å². The predicted molar refractivity (Wildman–Crippen MR) is 98.0 cm³/mol. The van der Waals surface area contributed by atoms with Crippen LogP contribution in [0, 0.1) is 5.92 Å². The smallest absolute Gasteiger partial charge is 0.326 e. The second-order valence-electron chi connectivity index (χ2n) is 6.62. The van der Waals surface area contributed by atoms with Crippen LogP contribution in [0.15, 0.2) is 0 Å². The first-order valence-electron chi connectivity index (χ1n) is 8.71. The number of carboxylic acid groups (broad SMARTS) is 2. The molecular weight excluding hydrogens is 390 g/mol. The van der Waals surface area contributed by atoms with Crippen molar-refractivity contribution in [2.45, 2.75) is 51.2 Å². The van der Waals surface area contributed by atoms with Gasteiger partial charge < -0.3 is 37.6 Å². The third-order valence-electron chi connectivity index (χ3n) is 3.71. The van der Waals surface area contributed by atoms with Crippen LogP contribution in [0.1, 0.15) is 33.1 Å². The summed E-state index contributed by atoms with van der Waals surface area (Å²) in [6.07, 6.45) is -1.05. The number of rotatable bonds is 13. The van der Waals surface area contributed by atoms with E-state index in [4.69, 9.17) is 21.7 Å². The average Bonchev–Trinajstić information content (AvgIpc) is 2.60. The largest absolute Gasteiger partial charge is 0.481 e. The molecule has 3 unspecified atom stereocenters. The molecule has 0 fully saturated rings. The molecule has 0 aromatic rings. The van der Waals surface area contributed by atoms with Crippen molar-refractivity contribution in [2.24, 2.45) is 17.4 Å². The summed E-state index contributed by atoms with van der Waals surface area (Å²) >= 11 is 0. The fourth-order valence-electron chi connectivity index (χ4n) is 2.13. The quantitative estimate of drug-likeness (QED) is 0.160. The summed E-state index contributed by atoms with van der Waals surface area (Å²) in [6.45, 7) is 2.66. The van der Waals surface area contributed by atoms with Gasteiger partial charge in [0.1, 0.15) is 12.1 Å². The molecule has 3 atom stereocenters. The molecule has 29 heavy (non-hydrogen) atoms. The minimum atomic E-state index is -1.55. The normalized spacial score (nSPS) is 13.7. The molecule has 0 heterocycles. The van der Waals surface area contributed by atoms with Crippen molar-refractivity contribution in [3.63, 3.8) is 0 Å². The number of carbonyl (C=O) groups excluding carboxylic acids is 4. The average molecular weight is 417 g/mol. The number of hydrogen-bond donors (Lipinski definition) is 7. The topological polar surface area (TPSA) is 231 Å². The van der Waals surface area contributed by atoms with E-state index in [-0.39, 0.29) is 12.8 Å². The lowest BCUT2D eigenvalue weighted by molar-refractivity contribution is -0.144. The van der Waals surface area contributed by atoms with Crippen molar-refractivity contribution in [3.05, 3.63) is 0 Å². The number of nitrogens with two attached hydrogens (primary N) is 2. The molecule has 0 radical (unpaired) electrons. The van der Waals surface area contributed by atoms with E-state index in [2.05, 4.69) is 16.0 Å². The van der Waals surface area contributed by atoms with Gasteiger partial charge in [-0.25, -0.2) is 4.79 Å². The van der Waals surface area contributed by atoms with Crippen LogP contribution in [0.25, 0.3) is 0 Å². The molecule has 0 rings (SSSR count). The van der Waals surface area contributed by atoms with Gasteiger partial charge >= 0.3 is 11.9 Å². The Balaban J connectivity index is 4.78. The number of hydrogen-bond acceptors (Lipinski definition) is 7. The third-order valence-corrected chi connectivity index (χ3v) is 3.71. The molecule has 0 aromatic heterocycles. The Hall–Kier alpha value is -3.22. The molecule has 0 aliphatic rings. The summed E-state index contributed by atoms with van der Waals surface area (Å²) in [7, 11) is 0. The number of nitrogens with one attached hydrogen (secondary N) is 3. The number of carboxylic acids is 2. The zero-order chi connectivity index (χ0) is 22.7. The molecule has 0 aliphatic heterocycles. The van der Waals surface area contributed by atoms with E-state index in [1.165, 1.54) is 0 Å². The van der Waals surface area contributed by atoms with Gasteiger partial charge in [-0.15, -0.1) is 0 Å². The maximum absolute atomic E-state index is 12.3. The molecule has 13 heteroatoms. The maximum atomic E-state index is 12.3. The molecule has 13 nitrogen and oxygen atoms in total. The van der Waals surface area contributed by atoms with Gasteiger partial charge in [-0.05, 0) is 12.3 Å².